The van der Waals surface area contributed by atoms with Crippen molar-refractivity contribution in [3.8, 4) is 0 Å². The van der Waals surface area contributed by atoms with Crippen LogP contribution in [0.5, 0.6) is 0 Å². The first-order chi connectivity index (χ1) is 11.9. The van der Waals surface area contributed by atoms with Crippen LogP contribution in [0.1, 0.15) is 59.8 Å². The van der Waals surface area contributed by atoms with Crippen LogP contribution in [0, 0.1) is 21.7 Å². The predicted molar refractivity (Wildman–Crippen MR) is 107 cm³/mol. The highest BCUT2D eigenvalue weighted by Crippen LogP contribution is 2.59. The average Bonchev–Trinajstić information content (AvgIpc) is 2.69. The minimum atomic E-state index is -3.93. The molecule has 2 rings (SSSR count). The summed E-state index contributed by atoms with van der Waals surface area (Å²) in [6, 6.07) is 0. The van der Waals surface area contributed by atoms with Gasteiger partial charge in [-0.2, -0.15) is 0 Å². The third-order valence-corrected chi connectivity index (χ3v) is 8.01. The summed E-state index contributed by atoms with van der Waals surface area (Å²) in [5, 5.41) is 0. The van der Waals surface area contributed by atoms with Gasteiger partial charge in [0, 0.05) is 0 Å². The van der Waals surface area contributed by atoms with Gasteiger partial charge in [0.2, 0.25) is 0 Å². The van der Waals surface area contributed by atoms with Crippen molar-refractivity contribution >= 4 is 15.2 Å². The van der Waals surface area contributed by atoms with E-state index in [-0.39, 0.29) is 34.0 Å². The fourth-order valence-corrected chi connectivity index (χ4v) is 7.84. The second kappa shape index (κ2) is 8.16. The third kappa shape index (κ3) is 8.23. The molecular formula is C17H38N2O6P2. The molecule has 0 saturated heterocycles. The van der Waals surface area contributed by atoms with Crippen molar-refractivity contribution in [3.63, 3.8) is 0 Å². The van der Waals surface area contributed by atoms with Gasteiger partial charge in [0.05, 0.1) is 12.3 Å². The summed E-state index contributed by atoms with van der Waals surface area (Å²) in [4.78, 5) is 35.8. The molecule has 0 unspecified atom stereocenters. The lowest BCUT2D eigenvalue weighted by Gasteiger charge is -2.53. The molecule has 10 heteroatoms. The van der Waals surface area contributed by atoms with Gasteiger partial charge in [0.25, 0.3) is 0 Å². The highest BCUT2D eigenvalue weighted by Gasteiger charge is 2.51. The average molecular weight is 428 g/mol. The Morgan fingerprint density at radius 1 is 0.704 bits per heavy atom. The van der Waals surface area contributed by atoms with E-state index in [0.29, 0.717) is 13.1 Å². The van der Waals surface area contributed by atoms with Crippen LogP contribution in [-0.4, -0.2) is 45.0 Å². The maximum Gasteiger partial charge on any atom is 0.326 e. The molecule has 0 amide bonds. The van der Waals surface area contributed by atoms with E-state index in [1.54, 1.807) is 0 Å². The van der Waals surface area contributed by atoms with Crippen molar-refractivity contribution in [2.24, 2.45) is 33.1 Å². The minimum absolute atomic E-state index is 0.0556. The van der Waals surface area contributed by atoms with Gasteiger partial charge in [0.15, 0.2) is 0 Å². The van der Waals surface area contributed by atoms with E-state index in [4.69, 9.17) is 31.0 Å². The molecule has 1 atom stereocenters. The summed E-state index contributed by atoms with van der Waals surface area (Å²) in [7, 11) is -7.84. The zero-order chi connectivity index (χ0) is 21.4. The van der Waals surface area contributed by atoms with Crippen molar-refractivity contribution in [3.05, 3.63) is 0 Å². The lowest BCUT2D eigenvalue weighted by atomic mass is 9.55. The Labute approximate surface area is 162 Å². The standard InChI is InChI=1S/C9H20NO3P.C8H18NO3P/c1-8(2)3-4-9(5-8,6-10)7-14(11,12)13;1-7(2)3-8(4-7,5-9)6-13(10,11)12/h3-7,10H2,1-2H3,(H2,11,12,13);3-6,9H2,1-2H3,(H2,10,11,12)/t9-;/m0./s1. The molecule has 0 aromatic carbocycles. The van der Waals surface area contributed by atoms with Crippen molar-refractivity contribution < 1.29 is 28.7 Å². The summed E-state index contributed by atoms with van der Waals surface area (Å²) in [5.74, 6) is 0. The number of nitrogens with two attached hydrogens (primary N) is 2. The normalized spacial score (nSPS) is 28.8. The SMILES string of the molecule is CC1(C)CC(CN)(CP(=O)(O)O)C1.CC1(C)CC[C@](CN)(CP(=O)(O)O)C1. The molecule has 0 aromatic heterocycles. The quantitative estimate of drug-likeness (QED) is 0.350. The first kappa shape index (κ1) is 25.3. The van der Waals surface area contributed by atoms with E-state index in [2.05, 4.69) is 27.7 Å². The monoisotopic (exact) mass is 428 g/mol. The molecule has 2 saturated carbocycles. The lowest BCUT2D eigenvalue weighted by Crippen LogP contribution is -2.50. The zero-order valence-corrected chi connectivity index (χ0v) is 18.8. The Kier molecular flexibility index (Phi) is 7.63. The largest absolute Gasteiger partial charge is 0.330 e. The van der Waals surface area contributed by atoms with E-state index >= 15 is 0 Å². The number of hydrogen-bond acceptors (Lipinski definition) is 4. The van der Waals surface area contributed by atoms with Crippen LogP contribution >= 0.6 is 15.2 Å². The highest BCUT2D eigenvalue weighted by atomic mass is 31.2. The van der Waals surface area contributed by atoms with Gasteiger partial charge < -0.3 is 31.0 Å². The molecule has 162 valence electrons. The summed E-state index contributed by atoms with van der Waals surface area (Å²) in [6.07, 6.45) is 4.19. The van der Waals surface area contributed by atoms with Gasteiger partial charge in [0.1, 0.15) is 0 Å². The van der Waals surface area contributed by atoms with Crippen molar-refractivity contribution in [1.29, 1.82) is 0 Å². The van der Waals surface area contributed by atoms with E-state index in [0.717, 1.165) is 32.1 Å². The molecule has 0 aliphatic heterocycles. The molecule has 2 aliphatic rings. The second-order valence-electron chi connectivity index (χ2n) is 10.4. The molecule has 27 heavy (non-hydrogen) atoms. The summed E-state index contributed by atoms with van der Waals surface area (Å²) in [5.41, 5.74) is 11.0. The molecule has 0 heterocycles. The van der Waals surface area contributed by atoms with E-state index in [1.165, 1.54) is 0 Å². The van der Waals surface area contributed by atoms with Crippen LogP contribution in [0.3, 0.4) is 0 Å². The van der Waals surface area contributed by atoms with Crippen LogP contribution in [0.25, 0.3) is 0 Å². The Morgan fingerprint density at radius 2 is 1.07 bits per heavy atom. The van der Waals surface area contributed by atoms with Crippen LogP contribution < -0.4 is 11.5 Å². The van der Waals surface area contributed by atoms with E-state index < -0.39 is 15.2 Å². The molecule has 8 N–H and O–H groups in total. The van der Waals surface area contributed by atoms with E-state index in [1.807, 2.05) is 0 Å². The smallest absolute Gasteiger partial charge is 0.326 e. The maximum absolute atomic E-state index is 11.0. The summed E-state index contributed by atoms with van der Waals surface area (Å²) >= 11 is 0. The van der Waals surface area contributed by atoms with Crippen LogP contribution in [0.2, 0.25) is 0 Å². The highest BCUT2D eigenvalue weighted by molar-refractivity contribution is 7.52. The Morgan fingerprint density at radius 3 is 1.33 bits per heavy atom. The second-order valence-corrected chi connectivity index (χ2v) is 13.7. The molecule has 0 radical (unpaired) electrons. The van der Waals surface area contributed by atoms with Gasteiger partial charge in [-0.25, -0.2) is 0 Å². The first-order valence-corrected chi connectivity index (χ1v) is 13.0. The Hall–Kier alpha value is 0.220. The van der Waals surface area contributed by atoms with Crippen LogP contribution in [-0.2, 0) is 9.13 Å². The van der Waals surface area contributed by atoms with Gasteiger partial charge in [-0.15, -0.1) is 0 Å². The molecular weight excluding hydrogens is 390 g/mol. The molecule has 2 fully saturated rings. The van der Waals surface area contributed by atoms with Gasteiger partial charge >= 0.3 is 15.2 Å². The third-order valence-electron chi connectivity index (χ3n) is 5.84. The summed E-state index contributed by atoms with van der Waals surface area (Å²) in [6.45, 7) is 9.21. The molecule has 0 aromatic rings. The van der Waals surface area contributed by atoms with Crippen LogP contribution in [0.15, 0.2) is 0 Å². The van der Waals surface area contributed by atoms with Gasteiger partial charge in [-0.1, -0.05) is 27.7 Å². The lowest BCUT2D eigenvalue weighted by molar-refractivity contribution is 0.0107. The topological polar surface area (TPSA) is 167 Å². The number of rotatable bonds is 6. The summed E-state index contributed by atoms with van der Waals surface area (Å²) < 4.78 is 21.8. The van der Waals surface area contributed by atoms with E-state index in [9.17, 15) is 9.13 Å². The molecule has 0 spiro atoms. The van der Waals surface area contributed by atoms with Crippen molar-refractivity contribution in [2.45, 2.75) is 59.8 Å². The fourth-order valence-electron chi connectivity index (χ4n) is 5.34. The van der Waals surface area contributed by atoms with Crippen molar-refractivity contribution in [2.75, 3.05) is 25.4 Å². The van der Waals surface area contributed by atoms with Crippen LogP contribution in [0.4, 0.5) is 0 Å². The zero-order valence-electron chi connectivity index (χ0n) is 17.0. The Balaban J connectivity index is 0.000000271. The maximum atomic E-state index is 11.0. The first-order valence-electron chi connectivity index (χ1n) is 9.36. The molecule has 0 bridgehead atoms. The van der Waals surface area contributed by atoms with Gasteiger partial charge in [-0.3, -0.25) is 9.13 Å². The Bertz CT molecular complexity index is 605. The predicted octanol–water partition coefficient (Wildman–Crippen LogP) is 2.25. The minimum Gasteiger partial charge on any atom is -0.330 e. The fraction of sp³-hybridized carbons (Fsp3) is 1.00. The molecule has 8 nitrogen and oxygen atoms in total. The van der Waals surface area contributed by atoms with Crippen molar-refractivity contribution in [1.82, 2.24) is 0 Å². The number of hydrogen-bond donors (Lipinski definition) is 6. The van der Waals surface area contributed by atoms with Gasteiger partial charge in [-0.05, 0) is 66.9 Å². The molecule has 2 aliphatic carbocycles.